The van der Waals surface area contributed by atoms with Gasteiger partial charge in [0.25, 0.3) is 5.91 Å². The Hall–Kier alpha value is -2.77. The summed E-state index contributed by atoms with van der Waals surface area (Å²) in [5, 5.41) is 12.0. The summed E-state index contributed by atoms with van der Waals surface area (Å²) in [6, 6.07) is 15.8. The van der Waals surface area contributed by atoms with E-state index < -0.39 is 0 Å². The molecule has 0 aliphatic rings. The number of hydrogen-bond acceptors (Lipinski definition) is 5. The first kappa shape index (κ1) is 16.7. The Bertz CT molecular complexity index is 928. The van der Waals surface area contributed by atoms with E-state index in [1.165, 1.54) is 11.3 Å². The van der Waals surface area contributed by atoms with Crippen LogP contribution in [0.15, 0.2) is 71.7 Å². The molecule has 0 bridgehead atoms. The van der Waals surface area contributed by atoms with Gasteiger partial charge in [-0.2, -0.15) is 5.10 Å². The highest BCUT2D eigenvalue weighted by atomic mass is 32.1. The molecule has 1 N–H and O–H groups in total. The molecule has 3 heterocycles. The highest BCUT2D eigenvalue weighted by Gasteiger charge is 2.18. The monoisotopic (exact) mass is 380 g/mol. The first-order valence-corrected chi connectivity index (χ1v) is 9.89. The topological polar surface area (TPSA) is 59.8 Å². The SMILES string of the molecule is O=C(NC[C@@H](c1cccs1)n1cccn1)c1csc(-c2ccccc2)n1. The van der Waals surface area contributed by atoms with Crippen LogP contribution in [0.5, 0.6) is 0 Å². The van der Waals surface area contributed by atoms with Crippen molar-refractivity contribution >= 4 is 28.6 Å². The average Bonchev–Trinajstić information content (AvgIpc) is 3.44. The third kappa shape index (κ3) is 3.58. The van der Waals surface area contributed by atoms with E-state index in [1.54, 1.807) is 22.9 Å². The van der Waals surface area contributed by atoms with E-state index in [4.69, 9.17) is 0 Å². The number of carbonyl (C=O) groups excluding carboxylic acids is 1. The second kappa shape index (κ2) is 7.63. The summed E-state index contributed by atoms with van der Waals surface area (Å²) in [6.07, 6.45) is 3.65. The van der Waals surface area contributed by atoms with Crippen molar-refractivity contribution in [2.75, 3.05) is 6.54 Å². The van der Waals surface area contributed by atoms with Crippen LogP contribution in [0.4, 0.5) is 0 Å². The molecular formula is C19H16N4OS2. The second-order valence-corrected chi connectivity index (χ2v) is 7.47. The molecule has 4 rings (SSSR count). The summed E-state index contributed by atoms with van der Waals surface area (Å²) in [5.41, 5.74) is 1.46. The minimum absolute atomic E-state index is 0.0267. The summed E-state index contributed by atoms with van der Waals surface area (Å²) < 4.78 is 1.86. The summed E-state index contributed by atoms with van der Waals surface area (Å²) >= 11 is 3.13. The van der Waals surface area contributed by atoms with Gasteiger partial charge in [0.1, 0.15) is 16.7 Å². The molecule has 1 atom stereocenters. The summed E-state index contributed by atoms with van der Waals surface area (Å²) in [6.45, 7) is 0.458. The third-order valence-electron chi connectivity index (χ3n) is 3.93. The van der Waals surface area contributed by atoms with E-state index in [-0.39, 0.29) is 11.9 Å². The molecule has 0 aliphatic carbocycles. The Kier molecular flexibility index (Phi) is 4.90. The van der Waals surface area contributed by atoms with Crippen LogP contribution in [0.25, 0.3) is 10.6 Å². The van der Waals surface area contributed by atoms with Crippen molar-refractivity contribution in [3.8, 4) is 10.6 Å². The number of rotatable bonds is 6. The summed E-state index contributed by atoms with van der Waals surface area (Å²) in [4.78, 5) is 18.2. The Morgan fingerprint density at radius 2 is 2.00 bits per heavy atom. The van der Waals surface area contributed by atoms with Crippen molar-refractivity contribution in [3.05, 3.63) is 82.3 Å². The fourth-order valence-corrected chi connectivity index (χ4v) is 4.27. The molecule has 130 valence electrons. The van der Waals surface area contributed by atoms with Crippen LogP contribution in [0.3, 0.4) is 0 Å². The van der Waals surface area contributed by atoms with Gasteiger partial charge in [0.05, 0.1) is 0 Å². The Morgan fingerprint density at radius 1 is 1.12 bits per heavy atom. The van der Waals surface area contributed by atoms with Crippen molar-refractivity contribution in [2.45, 2.75) is 6.04 Å². The zero-order valence-corrected chi connectivity index (χ0v) is 15.4. The molecule has 4 aromatic rings. The molecule has 0 radical (unpaired) electrons. The minimum Gasteiger partial charge on any atom is -0.348 e. The lowest BCUT2D eigenvalue weighted by atomic mass is 10.2. The van der Waals surface area contributed by atoms with E-state index in [0.29, 0.717) is 12.2 Å². The van der Waals surface area contributed by atoms with E-state index in [1.807, 2.05) is 58.7 Å². The number of nitrogens with one attached hydrogen (secondary N) is 1. The molecule has 0 unspecified atom stereocenters. The molecule has 0 aliphatic heterocycles. The van der Waals surface area contributed by atoms with Crippen LogP contribution >= 0.6 is 22.7 Å². The lowest BCUT2D eigenvalue weighted by molar-refractivity contribution is 0.0945. The van der Waals surface area contributed by atoms with Crippen LogP contribution in [0.1, 0.15) is 21.4 Å². The standard InChI is InChI=1S/C19H16N4OS2/c24-18(15-13-26-19(22-15)14-6-2-1-3-7-14)20-12-16(17-8-4-11-25-17)23-10-5-9-21-23/h1-11,13,16H,12H2,(H,20,24)/t16-/m0/s1. The summed E-state index contributed by atoms with van der Waals surface area (Å²) in [5.74, 6) is -0.169. The predicted molar refractivity (Wildman–Crippen MR) is 105 cm³/mol. The molecule has 5 nitrogen and oxygen atoms in total. The van der Waals surface area contributed by atoms with Gasteiger partial charge in [-0.1, -0.05) is 36.4 Å². The number of aromatic nitrogens is 3. The zero-order valence-electron chi connectivity index (χ0n) is 13.8. The second-order valence-electron chi connectivity index (χ2n) is 5.63. The molecule has 0 saturated heterocycles. The number of hydrogen-bond donors (Lipinski definition) is 1. The molecule has 0 saturated carbocycles. The summed E-state index contributed by atoms with van der Waals surface area (Å²) in [7, 11) is 0. The smallest absolute Gasteiger partial charge is 0.270 e. The van der Waals surface area contributed by atoms with Crippen LogP contribution in [0, 0.1) is 0 Å². The molecule has 26 heavy (non-hydrogen) atoms. The predicted octanol–water partition coefficient (Wildman–Crippen LogP) is 4.09. The lowest BCUT2D eigenvalue weighted by Gasteiger charge is -2.16. The quantitative estimate of drug-likeness (QED) is 0.548. The first-order chi connectivity index (χ1) is 12.8. The van der Waals surface area contributed by atoms with E-state index in [0.717, 1.165) is 15.4 Å². The van der Waals surface area contributed by atoms with Gasteiger partial charge in [-0.25, -0.2) is 4.98 Å². The zero-order chi connectivity index (χ0) is 17.8. The normalized spacial score (nSPS) is 12.0. The van der Waals surface area contributed by atoms with Crippen molar-refractivity contribution in [1.29, 1.82) is 0 Å². The molecule has 1 amide bonds. The van der Waals surface area contributed by atoms with Crippen LogP contribution < -0.4 is 5.32 Å². The fourth-order valence-electron chi connectivity index (χ4n) is 2.64. The molecule has 1 aromatic carbocycles. The maximum atomic E-state index is 12.5. The molecule has 0 spiro atoms. The van der Waals surface area contributed by atoms with Crippen LogP contribution in [-0.2, 0) is 0 Å². The van der Waals surface area contributed by atoms with Crippen LogP contribution in [-0.4, -0.2) is 27.2 Å². The van der Waals surface area contributed by atoms with Crippen LogP contribution in [0.2, 0.25) is 0 Å². The first-order valence-electron chi connectivity index (χ1n) is 8.13. The number of benzene rings is 1. The van der Waals surface area contributed by atoms with Gasteiger partial charge in [0, 0.05) is 34.8 Å². The van der Waals surface area contributed by atoms with Crippen molar-refractivity contribution in [1.82, 2.24) is 20.1 Å². The fraction of sp³-hybridized carbons (Fsp3) is 0.105. The van der Waals surface area contributed by atoms with Gasteiger partial charge in [-0.3, -0.25) is 9.48 Å². The van der Waals surface area contributed by atoms with Crippen molar-refractivity contribution in [2.24, 2.45) is 0 Å². The average molecular weight is 380 g/mol. The third-order valence-corrected chi connectivity index (χ3v) is 5.79. The van der Waals surface area contributed by atoms with Crippen molar-refractivity contribution in [3.63, 3.8) is 0 Å². The van der Waals surface area contributed by atoms with Gasteiger partial charge in [-0.05, 0) is 17.5 Å². The van der Waals surface area contributed by atoms with E-state index in [2.05, 4.69) is 21.5 Å². The Labute approximate surface area is 159 Å². The van der Waals surface area contributed by atoms with Gasteiger partial charge in [0.2, 0.25) is 0 Å². The Morgan fingerprint density at radius 3 is 2.73 bits per heavy atom. The van der Waals surface area contributed by atoms with Crippen molar-refractivity contribution < 1.29 is 4.79 Å². The number of carbonyl (C=O) groups is 1. The molecule has 3 aromatic heterocycles. The van der Waals surface area contributed by atoms with Gasteiger partial charge in [-0.15, -0.1) is 22.7 Å². The number of thiophene rings is 1. The highest BCUT2D eigenvalue weighted by molar-refractivity contribution is 7.13. The Balaban J connectivity index is 1.47. The van der Waals surface area contributed by atoms with Gasteiger partial charge in [0.15, 0.2) is 0 Å². The minimum atomic E-state index is -0.169. The highest BCUT2D eigenvalue weighted by Crippen LogP contribution is 2.24. The maximum absolute atomic E-state index is 12.5. The number of amides is 1. The maximum Gasteiger partial charge on any atom is 0.270 e. The largest absolute Gasteiger partial charge is 0.348 e. The number of thiazole rings is 1. The number of nitrogens with zero attached hydrogens (tertiary/aromatic N) is 3. The van der Waals surface area contributed by atoms with E-state index >= 15 is 0 Å². The molecular weight excluding hydrogens is 364 g/mol. The lowest BCUT2D eigenvalue weighted by Crippen LogP contribution is -2.31. The van der Waals surface area contributed by atoms with Gasteiger partial charge >= 0.3 is 0 Å². The molecule has 7 heteroatoms. The van der Waals surface area contributed by atoms with Gasteiger partial charge < -0.3 is 5.32 Å². The molecule has 0 fully saturated rings. The van der Waals surface area contributed by atoms with E-state index in [9.17, 15) is 4.79 Å².